The first-order valence-electron chi connectivity index (χ1n) is 17.1. The molecule has 0 nitrogen and oxygen atoms in total. The van der Waals surface area contributed by atoms with Crippen LogP contribution in [-0.2, 0) is 0 Å². The lowest BCUT2D eigenvalue weighted by Crippen LogP contribution is -1.91. The average molecular weight is 669 g/mol. The Morgan fingerprint density at radius 3 is 1.42 bits per heavy atom. The van der Waals surface area contributed by atoms with Gasteiger partial charge < -0.3 is 0 Å². The average Bonchev–Trinajstić information content (AvgIpc) is 3.74. The third-order valence-corrected chi connectivity index (χ3v) is 12.8. The number of hydrogen-bond donors (Lipinski definition) is 0. The molecule has 0 unspecified atom stereocenters. The van der Waals surface area contributed by atoms with Crippen molar-refractivity contribution in [2.24, 2.45) is 0 Å². The van der Waals surface area contributed by atoms with Gasteiger partial charge in [0.15, 0.2) is 0 Å². The first-order valence-corrected chi connectivity index (χ1v) is 18.7. The van der Waals surface area contributed by atoms with Gasteiger partial charge in [0.05, 0.1) is 0 Å². The van der Waals surface area contributed by atoms with Crippen molar-refractivity contribution in [3.05, 3.63) is 170 Å². The van der Waals surface area contributed by atoms with Crippen LogP contribution in [0.25, 0.3) is 106 Å². The second kappa shape index (κ2) is 10.9. The molecule has 2 aromatic heterocycles. The highest BCUT2D eigenvalue weighted by atomic mass is 32.1. The van der Waals surface area contributed by atoms with Gasteiger partial charge in [-0.1, -0.05) is 146 Å². The van der Waals surface area contributed by atoms with Crippen LogP contribution in [0.2, 0.25) is 0 Å². The molecule has 2 heteroatoms. The van der Waals surface area contributed by atoms with Crippen LogP contribution >= 0.6 is 22.7 Å². The molecule has 9 aromatic carbocycles. The molecule has 0 bridgehead atoms. The Hall–Kier alpha value is -5.80. The molecule has 0 saturated heterocycles. The van der Waals surface area contributed by atoms with Crippen molar-refractivity contribution in [2.45, 2.75) is 0 Å². The molecule has 0 spiro atoms. The minimum absolute atomic E-state index is 1.24. The molecule has 11 aromatic rings. The van der Waals surface area contributed by atoms with Crippen molar-refractivity contribution in [3.8, 4) is 33.4 Å². The molecule has 0 atom stereocenters. The van der Waals surface area contributed by atoms with E-state index in [0.717, 1.165) is 0 Å². The van der Waals surface area contributed by atoms with Crippen molar-refractivity contribution >= 4 is 95.3 Å². The lowest BCUT2D eigenvalue weighted by atomic mass is 9.85. The molecule has 0 saturated carbocycles. The molecule has 0 N–H and O–H groups in total. The van der Waals surface area contributed by atoms with Crippen LogP contribution in [0.4, 0.5) is 0 Å². The van der Waals surface area contributed by atoms with Crippen molar-refractivity contribution in [1.82, 2.24) is 0 Å². The highest BCUT2D eigenvalue weighted by Gasteiger charge is 2.20. The summed E-state index contributed by atoms with van der Waals surface area (Å²) in [7, 11) is 0. The largest absolute Gasteiger partial charge is 0.135 e. The van der Waals surface area contributed by atoms with Crippen LogP contribution in [0.5, 0.6) is 0 Å². The lowest BCUT2D eigenvalue weighted by molar-refractivity contribution is 1.66. The van der Waals surface area contributed by atoms with E-state index in [1.54, 1.807) is 0 Å². The van der Waals surface area contributed by atoms with E-state index in [2.05, 4.69) is 170 Å². The number of hydrogen-bond acceptors (Lipinski definition) is 2. The smallest absolute Gasteiger partial charge is 0.0441 e. The fourth-order valence-electron chi connectivity index (χ4n) is 8.24. The summed E-state index contributed by atoms with van der Waals surface area (Å²) in [6.45, 7) is 0. The van der Waals surface area contributed by atoms with Crippen LogP contribution < -0.4 is 0 Å². The molecule has 2 heterocycles. The van der Waals surface area contributed by atoms with E-state index in [1.807, 2.05) is 22.7 Å². The normalized spacial score (nSPS) is 12.0. The molecule has 50 heavy (non-hydrogen) atoms. The fraction of sp³-hybridized carbons (Fsp3) is 0. The van der Waals surface area contributed by atoms with Crippen molar-refractivity contribution in [2.75, 3.05) is 0 Å². The Balaban J connectivity index is 1.16. The van der Waals surface area contributed by atoms with Crippen LogP contribution in [0.3, 0.4) is 0 Å². The Morgan fingerprint density at radius 2 is 0.760 bits per heavy atom. The molecule has 0 aliphatic heterocycles. The highest BCUT2D eigenvalue weighted by molar-refractivity contribution is 7.28. The predicted octanol–water partition coefficient (Wildman–Crippen LogP) is 14.9. The standard InChI is InChI=1S/C48H28S2/c1-2-12-32-27-33(26-21-29(32)11-1)45-37-16-5-3-14-35(37)44(36-15-4-6-17-38(36)45)30-22-24-31(25-23-30)46-47-39-18-8-10-20-42(39)49-43(47)28-40-34-13-7-9-19-41(34)50-48(40)46/h1-28H. The zero-order chi connectivity index (χ0) is 32.8. The zero-order valence-electron chi connectivity index (χ0n) is 27.0. The summed E-state index contributed by atoms with van der Waals surface area (Å²) >= 11 is 3.82. The van der Waals surface area contributed by atoms with Crippen LogP contribution in [0, 0.1) is 0 Å². The van der Waals surface area contributed by atoms with Crippen LogP contribution in [-0.4, -0.2) is 0 Å². The first-order chi connectivity index (χ1) is 24.8. The van der Waals surface area contributed by atoms with Gasteiger partial charge in [0.25, 0.3) is 0 Å². The Morgan fingerprint density at radius 1 is 0.280 bits per heavy atom. The second-order valence-corrected chi connectivity index (χ2v) is 15.3. The van der Waals surface area contributed by atoms with Crippen molar-refractivity contribution < 1.29 is 0 Å². The summed E-state index contributed by atoms with van der Waals surface area (Å²) in [6, 6.07) is 63.0. The van der Waals surface area contributed by atoms with E-state index >= 15 is 0 Å². The van der Waals surface area contributed by atoms with Crippen LogP contribution in [0.1, 0.15) is 0 Å². The summed E-state index contributed by atoms with van der Waals surface area (Å²) in [5.41, 5.74) is 7.69. The molecule has 0 amide bonds. The van der Waals surface area contributed by atoms with Crippen molar-refractivity contribution in [3.63, 3.8) is 0 Å². The van der Waals surface area contributed by atoms with Gasteiger partial charge in [0, 0.05) is 45.9 Å². The molecule has 0 fully saturated rings. The predicted molar refractivity (Wildman–Crippen MR) is 221 cm³/mol. The number of rotatable bonds is 3. The zero-order valence-corrected chi connectivity index (χ0v) is 28.6. The molecule has 232 valence electrons. The summed E-state index contributed by atoms with van der Waals surface area (Å²) in [5, 5.41) is 13.0. The topological polar surface area (TPSA) is 0 Å². The van der Waals surface area contributed by atoms with Gasteiger partial charge in [-0.15, -0.1) is 22.7 Å². The van der Waals surface area contributed by atoms with E-state index in [-0.39, 0.29) is 0 Å². The van der Waals surface area contributed by atoms with Gasteiger partial charge in [-0.3, -0.25) is 0 Å². The monoisotopic (exact) mass is 668 g/mol. The van der Waals surface area contributed by atoms with E-state index in [4.69, 9.17) is 0 Å². The second-order valence-electron chi connectivity index (χ2n) is 13.2. The summed E-state index contributed by atoms with van der Waals surface area (Å²) in [5.74, 6) is 0. The minimum atomic E-state index is 1.24. The van der Waals surface area contributed by atoms with Gasteiger partial charge in [0.1, 0.15) is 0 Å². The fourth-order valence-corrected chi connectivity index (χ4v) is 10.6. The molecular formula is C48H28S2. The van der Waals surface area contributed by atoms with E-state index in [9.17, 15) is 0 Å². The van der Waals surface area contributed by atoms with Crippen LogP contribution in [0.15, 0.2) is 170 Å². The van der Waals surface area contributed by atoms with E-state index < -0.39 is 0 Å². The Bertz CT molecular complexity index is 3080. The maximum Gasteiger partial charge on any atom is 0.0441 e. The third kappa shape index (κ3) is 4.10. The van der Waals surface area contributed by atoms with Gasteiger partial charge >= 0.3 is 0 Å². The lowest BCUT2D eigenvalue weighted by Gasteiger charge is -2.18. The number of benzene rings is 9. The third-order valence-electron chi connectivity index (χ3n) is 10.4. The van der Waals surface area contributed by atoms with Gasteiger partial charge in [-0.25, -0.2) is 0 Å². The summed E-state index contributed by atoms with van der Waals surface area (Å²) in [6.07, 6.45) is 0. The molecular weight excluding hydrogens is 641 g/mol. The maximum absolute atomic E-state index is 2.43. The summed E-state index contributed by atoms with van der Waals surface area (Å²) < 4.78 is 5.40. The van der Waals surface area contributed by atoms with Gasteiger partial charge in [-0.2, -0.15) is 0 Å². The number of fused-ring (bicyclic) bond motifs is 9. The van der Waals surface area contributed by atoms with Gasteiger partial charge in [-0.05, 0) is 84.4 Å². The maximum atomic E-state index is 2.43. The highest BCUT2D eigenvalue weighted by Crippen LogP contribution is 2.50. The Labute approximate surface area is 297 Å². The molecule has 0 aliphatic rings. The SMILES string of the molecule is c1ccc2cc(-c3c4ccccc4c(-c4ccc(-c5c6sc7ccccc7c6cc6sc7ccccc7c56)cc4)c4ccccc34)ccc2c1. The first kappa shape index (κ1) is 28.1. The van der Waals surface area contributed by atoms with E-state index in [1.165, 1.54) is 106 Å². The summed E-state index contributed by atoms with van der Waals surface area (Å²) in [4.78, 5) is 0. The minimum Gasteiger partial charge on any atom is -0.135 e. The number of thiophene rings is 2. The van der Waals surface area contributed by atoms with E-state index in [0.29, 0.717) is 0 Å². The molecule has 0 aliphatic carbocycles. The molecule has 11 rings (SSSR count). The molecule has 0 radical (unpaired) electrons. The van der Waals surface area contributed by atoms with Crippen molar-refractivity contribution in [1.29, 1.82) is 0 Å². The van der Waals surface area contributed by atoms with Gasteiger partial charge in [0.2, 0.25) is 0 Å². The quantitative estimate of drug-likeness (QED) is 0.164. The Kier molecular flexibility index (Phi) is 6.09.